The Bertz CT molecular complexity index is 1140. The van der Waals surface area contributed by atoms with Crippen LogP contribution in [0.25, 0.3) is 0 Å². The number of rotatable bonds is 5. The van der Waals surface area contributed by atoms with E-state index in [9.17, 15) is 14.4 Å². The maximum absolute atomic E-state index is 13.8. The van der Waals surface area contributed by atoms with Crippen LogP contribution in [-0.4, -0.2) is 52.5 Å². The Labute approximate surface area is 197 Å². The average Bonchev–Trinajstić information content (AvgIpc) is 3.46. The number of amides is 2. The first-order valence-electron chi connectivity index (χ1n) is 11.7. The molecule has 0 unspecified atom stereocenters. The van der Waals surface area contributed by atoms with Crippen molar-refractivity contribution in [2.75, 3.05) is 18.3 Å². The van der Waals surface area contributed by atoms with E-state index in [0.29, 0.717) is 17.2 Å². The van der Waals surface area contributed by atoms with Crippen LogP contribution in [0.1, 0.15) is 66.9 Å². The van der Waals surface area contributed by atoms with Crippen LogP contribution in [0.3, 0.4) is 0 Å². The van der Waals surface area contributed by atoms with Crippen molar-refractivity contribution in [3.63, 3.8) is 0 Å². The number of hydrogen-bond acceptors (Lipinski definition) is 7. The van der Waals surface area contributed by atoms with Crippen molar-refractivity contribution in [1.29, 1.82) is 0 Å². The lowest BCUT2D eigenvalue weighted by Gasteiger charge is -2.44. The van der Waals surface area contributed by atoms with E-state index in [1.165, 1.54) is 22.1 Å². The van der Waals surface area contributed by atoms with Crippen LogP contribution in [-0.2, 0) is 16.1 Å². The predicted molar refractivity (Wildman–Crippen MR) is 121 cm³/mol. The molecule has 1 aromatic heterocycles. The van der Waals surface area contributed by atoms with Crippen molar-refractivity contribution in [2.24, 2.45) is 0 Å². The zero-order valence-corrected chi connectivity index (χ0v) is 19.3. The van der Waals surface area contributed by atoms with E-state index < -0.39 is 17.4 Å². The third kappa shape index (κ3) is 3.76. The number of carbonyl (C=O) groups is 3. The lowest BCUT2D eigenvalue weighted by molar-refractivity contribution is -0.127. The summed E-state index contributed by atoms with van der Waals surface area (Å²) in [4.78, 5) is 41.2. The van der Waals surface area contributed by atoms with Crippen LogP contribution < -0.4 is 19.7 Å². The van der Waals surface area contributed by atoms with Gasteiger partial charge in [0.1, 0.15) is 11.2 Å². The molecule has 1 atom stereocenters. The topological polar surface area (TPSA) is 112 Å². The number of fused-ring (bicyclic) bond motifs is 2. The summed E-state index contributed by atoms with van der Waals surface area (Å²) < 4.78 is 17.4. The smallest absolute Gasteiger partial charge is 0.358 e. The van der Waals surface area contributed by atoms with Crippen molar-refractivity contribution < 1.29 is 28.6 Å². The Kier molecular flexibility index (Phi) is 5.66. The zero-order chi connectivity index (χ0) is 23.9. The number of hydrogen-bond donors (Lipinski definition) is 1. The quantitative estimate of drug-likeness (QED) is 0.672. The number of aromatic nitrogens is 2. The second-order valence-electron chi connectivity index (χ2n) is 9.05. The number of ether oxygens (including phenoxy) is 3. The molecule has 2 amide bonds. The molecule has 5 rings (SSSR count). The van der Waals surface area contributed by atoms with Crippen LogP contribution in [0, 0.1) is 0 Å². The maximum atomic E-state index is 13.8. The summed E-state index contributed by atoms with van der Waals surface area (Å²) in [7, 11) is 0. The van der Waals surface area contributed by atoms with Gasteiger partial charge in [0.2, 0.25) is 12.7 Å². The minimum atomic E-state index is -1.28. The normalized spacial score (nSPS) is 21.8. The number of nitrogens with one attached hydrogen (secondary N) is 1. The van der Waals surface area contributed by atoms with E-state index in [2.05, 4.69) is 10.4 Å². The van der Waals surface area contributed by atoms with Crippen molar-refractivity contribution >= 4 is 23.5 Å². The fraction of sp³-hybridized carbons (Fsp3) is 0.500. The van der Waals surface area contributed by atoms with Crippen molar-refractivity contribution in [1.82, 2.24) is 15.1 Å². The Balaban J connectivity index is 1.55. The molecule has 3 aliphatic rings. The Morgan fingerprint density at radius 2 is 1.94 bits per heavy atom. The second kappa shape index (κ2) is 8.66. The molecule has 34 heavy (non-hydrogen) atoms. The first-order chi connectivity index (χ1) is 16.4. The number of esters is 1. The van der Waals surface area contributed by atoms with Gasteiger partial charge in [0, 0.05) is 23.9 Å². The van der Waals surface area contributed by atoms with Crippen molar-refractivity contribution in [3.05, 3.63) is 35.7 Å². The standard InChI is InChI=1S/C24H28N4O6/c1-3-32-22(30)17-12-18-21(29)28(16-9-10-19-20(11-16)34-14-33-19)24(2,13-27(18)26-17)23(31)25-15-7-5-4-6-8-15/h9-12,15H,3-8,13-14H2,1-2H3,(H,25,31)/t24-/m0/s1. The largest absolute Gasteiger partial charge is 0.461 e. The monoisotopic (exact) mass is 468 g/mol. The van der Waals surface area contributed by atoms with Gasteiger partial charge in [0.05, 0.1) is 13.2 Å². The molecule has 1 aliphatic carbocycles. The number of carbonyl (C=O) groups excluding carboxylic acids is 3. The summed E-state index contributed by atoms with van der Waals surface area (Å²) in [5.74, 6) is -0.221. The molecule has 1 aromatic carbocycles. The van der Waals surface area contributed by atoms with E-state index in [1.54, 1.807) is 32.0 Å². The summed E-state index contributed by atoms with van der Waals surface area (Å²) in [6, 6.07) is 6.64. The van der Waals surface area contributed by atoms with Crippen LogP contribution in [0.15, 0.2) is 24.3 Å². The zero-order valence-electron chi connectivity index (χ0n) is 19.3. The number of anilines is 1. The van der Waals surface area contributed by atoms with Crippen LogP contribution in [0.5, 0.6) is 11.5 Å². The fourth-order valence-electron chi connectivity index (χ4n) is 4.90. The first-order valence-corrected chi connectivity index (χ1v) is 11.7. The van der Waals surface area contributed by atoms with Gasteiger partial charge in [-0.05, 0) is 38.8 Å². The van der Waals surface area contributed by atoms with Crippen LogP contribution in [0.4, 0.5) is 5.69 Å². The van der Waals surface area contributed by atoms with Gasteiger partial charge in [0.25, 0.3) is 5.91 Å². The highest BCUT2D eigenvalue weighted by molar-refractivity contribution is 6.12. The lowest BCUT2D eigenvalue weighted by atomic mass is 9.91. The highest BCUT2D eigenvalue weighted by Crippen LogP contribution is 2.40. The average molecular weight is 469 g/mol. The third-order valence-electron chi connectivity index (χ3n) is 6.68. The molecule has 0 radical (unpaired) electrons. The maximum Gasteiger partial charge on any atom is 0.358 e. The van der Waals surface area contributed by atoms with Crippen molar-refractivity contribution in [2.45, 2.75) is 64.1 Å². The third-order valence-corrected chi connectivity index (χ3v) is 6.68. The molecule has 1 saturated carbocycles. The van der Waals surface area contributed by atoms with E-state index >= 15 is 0 Å². The van der Waals surface area contributed by atoms with E-state index in [0.717, 1.165) is 25.7 Å². The van der Waals surface area contributed by atoms with E-state index in [1.807, 2.05) is 0 Å². The molecule has 0 saturated heterocycles. The lowest BCUT2D eigenvalue weighted by Crippen LogP contribution is -2.65. The summed E-state index contributed by atoms with van der Waals surface area (Å²) in [5, 5.41) is 7.46. The molecule has 2 aromatic rings. The molecule has 10 nitrogen and oxygen atoms in total. The Morgan fingerprint density at radius 3 is 2.71 bits per heavy atom. The molecule has 1 fully saturated rings. The number of benzene rings is 1. The second-order valence-corrected chi connectivity index (χ2v) is 9.05. The SMILES string of the molecule is CCOC(=O)c1cc2n(n1)C[C@@](C)(C(=O)NC1CCCCC1)N(c1ccc3c(c1)OCO3)C2=O. The van der Waals surface area contributed by atoms with Gasteiger partial charge in [0.15, 0.2) is 17.2 Å². The molecular weight excluding hydrogens is 440 g/mol. The van der Waals surface area contributed by atoms with Gasteiger partial charge in [-0.1, -0.05) is 19.3 Å². The minimum Gasteiger partial charge on any atom is -0.461 e. The minimum absolute atomic E-state index is 0.0350. The molecule has 1 N–H and O–H groups in total. The molecular formula is C24H28N4O6. The Hall–Kier alpha value is -3.56. The van der Waals surface area contributed by atoms with Gasteiger partial charge in [-0.3, -0.25) is 19.2 Å². The molecule has 180 valence electrons. The highest BCUT2D eigenvalue weighted by atomic mass is 16.7. The molecule has 0 bridgehead atoms. The summed E-state index contributed by atoms with van der Waals surface area (Å²) in [6.45, 7) is 3.80. The molecule has 2 aliphatic heterocycles. The first kappa shape index (κ1) is 22.2. The van der Waals surface area contributed by atoms with Crippen LogP contribution in [0.2, 0.25) is 0 Å². The molecule has 10 heteroatoms. The van der Waals surface area contributed by atoms with Gasteiger partial charge >= 0.3 is 5.97 Å². The fourth-order valence-corrected chi connectivity index (χ4v) is 4.90. The highest BCUT2D eigenvalue weighted by Gasteiger charge is 2.49. The summed E-state index contributed by atoms with van der Waals surface area (Å²) in [6.07, 6.45) is 5.13. The van der Waals surface area contributed by atoms with E-state index in [-0.39, 0.29) is 43.3 Å². The summed E-state index contributed by atoms with van der Waals surface area (Å²) >= 11 is 0. The summed E-state index contributed by atoms with van der Waals surface area (Å²) in [5.41, 5.74) is -0.537. The molecule has 3 heterocycles. The Morgan fingerprint density at radius 1 is 1.18 bits per heavy atom. The molecule has 0 spiro atoms. The van der Waals surface area contributed by atoms with Crippen LogP contribution >= 0.6 is 0 Å². The van der Waals surface area contributed by atoms with Gasteiger partial charge in [-0.15, -0.1) is 0 Å². The predicted octanol–water partition coefficient (Wildman–Crippen LogP) is 2.66. The van der Waals surface area contributed by atoms with Crippen molar-refractivity contribution in [3.8, 4) is 11.5 Å². The number of nitrogens with zero attached hydrogens (tertiary/aromatic N) is 3. The van der Waals surface area contributed by atoms with Gasteiger partial charge in [-0.2, -0.15) is 5.10 Å². The van der Waals surface area contributed by atoms with Gasteiger partial charge in [-0.25, -0.2) is 4.79 Å². The van der Waals surface area contributed by atoms with Gasteiger partial charge < -0.3 is 19.5 Å². The van der Waals surface area contributed by atoms with E-state index in [4.69, 9.17) is 14.2 Å².